The third-order valence-corrected chi connectivity index (χ3v) is 2.96. The molecule has 0 saturated carbocycles. The maximum atomic E-state index is 11.5. The van der Waals surface area contributed by atoms with E-state index in [1.165, 1.54) is 0 Å². The van der Waals surface area contributed by atoms with E-state index >= 15 is 0 Å². The van der Waals surface area contributed by atoms with E-state index in [0.29, 0.717) is 0 Å². The van der Waals surface area contributed by atoms with Crippen LogP contribution in [0.4, 0.5) is 0 Å². The monoisotopic (exact) mass is 234 g/mol. The van der Waals surface area contributed by atoms with Crippen molar-refractivity contribution in [3.8, 4) is 5.75 Å². The molecular weight excluding hydrogens is 220 g/mol. The van der Waals surface area contributed by atoms with E-state index in [4.69, 9.17) is 4.74 Å². The van der Waals surface area contributed by atoms with Crippen molar-refractivity contribution in [3.63, 3.8) is 0 Å². The average Bonchev–Trinajstić information content (AvgIpc) is 2.67. The maximum Gasteiger partial charge on any atom is 0.321 e. The largest absolute Gasteiger partial charge is 0.496 e. The molecule has 1 fully saturated rings. The first-order valence-electron chi connectivity index (χ1n) is 5.57. The van der Waals surface area contributed by atoms with E-state index in [1.807, 2.05) is 25.1 Å². The van der Waals surface area contributed by atoms with Gasteiger partial charge in [-0.3, -0.25) is 9.59 Å². The Balaban J connectivity index is 2.33. The fraction of sp³-hybridized carbons (Fsp3) is 0.385. The van der Waals surface area contributed by atoms with Gasteiger partial charge in [0.2, 0.25) is 0 Å². The van der Waals surface area contributed by atoms with Crippen LogP contribution in [0, 0.1) is 0 Å². The van der Waals surface area contributed by atoms with E-state index in [1.54, 1.807) is 7.11 Å². The molecule has 0 radical (unpaired) electrons. The zero-order valence-electron chi connectivity index (χ0n) is 9.86. The molecular formula is C13H14O4. The van der Waals surface area contributed by atoms with Crippen LogP contribution in [0.15, 0.2) is 18.2 Å². The molecule has 0 amide bonds. The molecule has 1 heterocycles. The summed E-state index contributed by atoms with van der Waals surface area (Å²) < 4.78 is 9.77. The van der Waals surface area contributed by atoms with Crippen LogP contribution in [-0.4, -0.2) is 19.0 Å². The average molecular weight is 234 g/mol. The fourth-order valence-electron chi connectivity index (χ4n) is 2.02. The number of methoxy groups -OCH3 is 1. The van der Waals surface area contributed by atoms with E-state index in [0.717, 1.165) is 23.3 Å². The number of carbonyl (C=O) groups is 2. The Hall–Kier alpha value is -1.84. The van der Waals surface area contributed by atoms with Gasteiger partial charge in [-0.2, -0.15) is 0 Å². The van der Waals surface area contributed by atoms with Gasteiger partial charge in [-0.05, 0) is 23.6 Å². The highest BCUT2D eigenvalue weighted by Crippen LogP contribution is 2.31. The Morgan fingerprint density at radius 3 is 2.71 bits per heavy atom. The van der Waals surface area contributed by atoms with Gasteiger partial charge in [0.25, 0.3) is 0 Å². The van der Waals surface area contributed by atoms with Gasteiger partial charge in [-0.1, -0.05) is 19.1 Å². The van der Waals surface area contributed by atoms with Crippen LogP contribution in [0.3, 0.4) is 0 Å². The standard InChI is InChI=1S/C13H14O4/c1-3-8-6-9(4-5-11(8)16-2)10-7-12(14)17-13(10)15/h4-6,10H,3,7H2,1-2H3. The second-order valence-electron chi connectivity index (χ2n) is 3.97. The number of cyclic esters (lactones) is 2. The highest BCUT2D eigenvalue weighted by Gasteiger charge is 2.34. The van der Waals surface area contributed by atoms with E-state index in [9.17, 15) is 9.59 Å². The third kappa shape index (κ3) is 2.16. The van der Waals surface area contributed by atoms with Crippen molar-refractivity contribution < 1.29 is 19.1 Å². The number of aryl methyl sites for hydroxylation is 1. The van der Waals surface area contributed by atoms with E-state index < -0.39 is 17.9 Å². The molecule has 17 heavy (non-hydrogen) atoms. The molecule has 2 rings (SSSR count). The van der Waals surface area contributed by atoms with Gasteiger partial charge >= 0.3 is 11.9 Å². The summed E-state index contributed by atoms with van der Waals surface area (Å²) in [4.78, 5) is 22.5. The van der Waals surface area contributed by atoms with Gasteiger partial charge < -0.3 is 9.47 Å². The van der Waals surface area contributed by atoms with Crippen LogP contribution < -0.4 is 4.74 Å². The number of esters is 2. The summed E-state index contributed by atoms with van der Waals surface area (Å²) in [6, 6.07) is 5.54. The van der Waals surface area contributed by atoms with Gasteiger partial charge in [-0.25, -0.2) is 0 Å². The lowest BCUT2D eigenvalue weighted by Crippen LogP contribution is -2.06. The van der Waals surface area contributed by atoms with Crippen molar-refractivity contribution in [2.75, 3.05) is 7.11 Å². The molecule has 1 aliphatic heterocycles. The van der Waals surface area contributed by atoms with Gasteiger partial charge in [0.15, 0.2) is 0 Å². The fourth-order valence-corrected chi connectivity index (χ4v) is 2.02. The normalized spacial score (nSPS) is 19.3. The lowest BCUT2D eigenvalue weighted by Gasteiger charge is -2.11. The SMILES string of the molecule is CCc1cc(C2CC(=O)OC2=O)ccc1OC. The van der Waals surface area contributed by atoms with Crippen molar-refractivity contribution in [2.24, 2.45) is 0 Å². The van der Waals surface area contributed by atoms with Crippen LogP contribution >= 0.6 is 0 Å². The topological polar surface area (TPSA) is 52.6 Å². The zero-order chi connectivity index (χ0) is 12.4. The summed E-state index contributed by atoms with van der Waals surface area (Å²) in [6.07, 6.45) is 0.945. The maximum absolute atomic E-state index is 11.5. The second-order valence-corrected chi connectivity index (χ2v) is 3.97. The Morgan fingerprint density at radius 2 is 2.18 bits per heavy atom. The summed E-state index contributed by atoms with van der Waals surface area (Å²) >= 11 is 0. The number of benzene rings is 1. The van der Waals surface area contributed by atoms with Crippen molar-refractivity contribution in [1.82, 2.24) is 0 Å². The molecule has 1 saturated heterocycles. The molecule has 90 valence electrons. The van der Waals surface area contributed by atoms with Crippen LogP contribution in [-0.2, 0) is 20.7 Å². The zero-order valence-corrected chi connectivity index (χ0v) is 9.86. The predicted molar refractivity (Wildman–Crippen MR) is 60.8 cm³/mol. The molecule has 1 atom stereocenters. The van der Waals surface area contributed by atoms with E-state index in [-0.39, 0.29) is 6.42 Å². The molecule has 0 N–H and O–H groups in total. The number of hydrogen-bond acceptors (Lipinski definition) is 4. The number of hydrogen-bond donors (Lipinski definition) is 0. The van der Waals surface area contributed by atoms with Gasteiger partial charge in [0.1, 0.15) is 5.75 Å². The van der Waals surface area contributed by atoms with Crippen LogP contribution in [0.5, 0.6) is 5.75 Å². The first-order chi connectivity index (χ1) is 8.15. The molecule has 0 aromatic heterocycles. The Labute approximate surface area is 99.5 Å². The molecule has 1 aromatic carbocycles. The van der Waals surface area contributed by atoms with Crippen molar-refractivity contribution in [2.45, 2.75) is 25.7 Å². The van der Waals surface area contributed by atoms with Crippen LogP contribution in [0.1, 0.15) is 30.4 Å². The number of rotatable bonds is 3. The van der Waals surface area contributed by atoms with Crippen LogP contribution in [0.2, 0.25) is 0 Å². The molecule has 1 unspecified atom stereocenters. The minimum absolute atomic E-state index is 0.133. The minimum Gasteiger partial charge on any atom is -0.496 e. The summed E-state index contributed by atoms with van der Waals surface area (Å²) in [6.45, 7) is 2.01. The minimum atomic E-state index is -0.460. The second kappa shape index (κ2) is 4.57. The summed E-state index contributed by atoms with van der Waals surface area (Å²) in [5, 5.41) is 0. The lowest BCUT2D eigenvalue weighted by molar-refractivity contribution is -0.152. The first-order valence-corrected chi connectivity index (χ1v) is 5.57. The Morgan fingerprint density at radius 1 is 1.41 bits per heavy atom. The van der Waals surface area contributed by atoms with Crippen molar-refractivity contribution >= 4 is 11.9 Å². The molecule has 0 bridgehead atoms. The third-order valence-electron chi connectivity index (χ3n) is 2.96. The highest BCUT2D eigenvalue weighted by molar-refractivity contribution is 5.97. The summed E-state index contributed by atoms with van der Waals surface area (Å²) in [7, 11) is 1.61. The molecule has 4 nitrogen and oxygen atoms in total. The summed E-state index contributed by atoms with van der Waals surface area (Å²) in [5.74, 6) is -0.566. The highest BCUT2D eigenvalue weighted by atomic mass is 16.6. The first kappa shape index (κ1) is 11.6. The van der Waals surface area contributed by atoms with Gasteiger partial charge in [0, 0.05) is 0 Å². The molecule has 0 spiro atoms. The number of carbonyl (C=O) groups excluding carboxylic acids is 2. The van der Waals surface area contributed by atoms with Crippen LogP contribution in [0.25, 0.3) is 0 Å². The smallest absolute Gasteiger partial charge is 0.321 e. The molecule has 0 aliphatic carbocycles. The van der Waals surface area contributed by atoms with Crippen molar-refractivity contribution in [3.05, 3.63) is 29.3 Å². The Bertz CT molecular complexity index is 464. The van der Waals surface area contributed by atoms with E-state index in [2.05, 4.69) is 4.74 Å². The molecule has 4 heteroatoms. The Kier molecular flexibility index (Phi) is 3.13. The van der Waals surface area contributed by atoms with Gasteiger partial charge in [-0.15, -0.1) is 0 Å². The van der Waals surface area contributed by atoms with Gasteiger partial charge in [0.05, 0.1) is 19.4 Å². The molecule has 1 aliphatic rings. The lowest BCUT2D eigenvalue weighted by atomic mass is 9.95. The van der Waals surface area contributed by atoms with Crippen molar-refractivity contribution in [1.29, 1.82) is 0 Å². The summed E-state index contributed by atoms with van der Waals surface area (Å²) in [5.41, 5.74) is 1.84. The molecule has 1 aromatic rings. The number of ether oxygens (including phenoxy) is 2. The predicted octanol–water partition coefficient (Wildman–Crippen LogP) is 1.81. The quantitative estimate of drug-likeness (QED) is 0.591.